The average molecular weight is 366 g/mol. The number of carbonyl (C=O) groups excluding carboxylic acids is 1. The van der Waals surface area contributed by atoms with Crippen LogP contribution in [0.15, 0.2) is 24.4 Å². The second-order valence-corrected chi connectivity index (χ2v) is 8.78. The largest absolute Gasteiger partial charge is 0.324 e. The van der Waals surface area contributed by atoms with Gasteiger partial charge in [0.05, 0.1) is 6.26 Å². The van der Waals surface area contributed by atoms with Gasteiger partial charge in [-0.25, -0.2) is 18.2 Å². The smallest absolute Gasteiger partial charge is 0.323 e. The number of pyridine rings is 1. The van der Waals surface area contributed by atoms with Crippen LogP contribution < -0.4 is 5.32 Å². The third kappa shape index (κ3) is 4.49. The molecule has 2 fully saturated rings. The number of likely N-dealkylation sites (tertiary alicyclic amines) is 1. The minimum atomic E-state index is -3.22. The fourth-order valence-corrected chi connectivity index (χ4v) is 5.15. The second kappa shape index (κ2) is 7.70. The molecule has 2 heterocycles. The van der Waals surface area contributed by atoms with E-state index in [0.29, 0.717) is 25.3 Å². The molecule has 0 bridgehead atoms. The van der Waals surface area contributed by atoms with E-state index in [-0.39, 0.29) is 18.1 Å². The molecule has 1 saturated carbocycles. The van der Waals surface area contributed by atoms with Crippen molar-refractivity contribution in [2.75, 3.05) is 24.7 Å². The Hall–Kier alpha value is -1.67. The van der Waals surface area contributed by atoms with Crippen molar-refractivity contribution in [1.82, 2.24) is 14.2 Å². The Morgan fingerprint density at radius 3 is 2.48 bits per heavy atom. The number of hydrogen-bond donors (Lipinski definition) is 1. The quantitative estimate of drug-likeness (QED) is 0.886. The van der Waals surface area contributed by atoms with Crippen LogP contribution in [0.1, 0.15) is 38.5 Å². The summed E-state index contributed by atoms with van der Waals surface area (Å²) < 4.78 is 26.2. The van der Waals surface area contributed by atoms with Gasteiger partial charge in [-0.2, -0.15) is 4.31 Å². The summed E-state index contributed by atoms with van der Waals surface area (Å²) in [6.45, 7) is 1.19. The number of aromatic nitrogens is 1. The molecule has 25 heavy (non-hydrogen) atoms. The lowest BCUT2D eigenvalue weighted by molar-refractivity contribution is 0.162. The summed E-state index contributed by atoms with van der Waals surface area (Å²) in [5.74, 6) is 0.528. The number of sulfonamides is 1. The molecule has 0 radical (unpaired) electrons. The van der Waals surface area contributed by atoms with Crippen LogP contribution in [0.5, 0.6) is 0 Å². The van der Waals surface area contributed by atoms with Crippen molar-refractivity contribution in [3.8, 4) is 0 Å². The lowest BCUT2D eigenvalue weighted by Gasteiger charge is -2.40. The third-order valence-electron chi connectivity index (χ3n) is 5.06. The van der Waals surface area contributed by atoms with Gasteiger partial charge in [0, 0.05) is 31.4 Å². The third-order valence-corrected chi connectivity index (χ3v) is 6.42. The molecule has 1 aliphatic carbocycles. The lowest BCUT2D eigenvalue weighted by atomic mass is 9.91. The van der Waals surface area contributed by atoms with E-state index in [1.54, 1.807) is 27.5 Å². The number of nitrogens with zero attached hydrogens (tertiary/aromatic N) is 3. The van der Waals surface area contributed by atoms with Gasteiger partial charge in [0.15, 0.2) is 0 Å². The summed E-state index contributed by atoms with van der Waals surface area (Å²) in [6, 6.07) is 5.34. The summed E-state index contributed by atoms with van der Waals surface area (Å²) in [6.07, 6.45) is 8.23. The van der Waals surface area contributed by atoms with Crippen molar-refractivity contribution in [1.29, 1.82) is 0 Å². The molecule has 1 aromatic rings. The molecule has 0 spiro atoms. The maximum absolute atomic E-state index is 12.4. The Morgan fingerprint density at radius 2 is 1.88 bits per heavy atom. The molecule has 3 rings (SSSR count). The highest BCUT2D eigenvalue weighted by molar-refractivity contribution is 7.88. The predicted molar refractivity (Wildman–Crippen MR) is 96.8 cm³/mol. The molecular weight excluding hydrogens is 340 g/mol. The lowest BCUT2D eigenvalue weighted by Crippen LogP contribution is -2.50. The van der Waals surface area contributed by atoms with E-state index in [1.807, 2.05) is 6.07 Å². The van der Waals surface area contributed by atoms with E-state index < -0.39 is 10.0 Å². The highest BCUT2D eigenvalue weighted by Gasteiger charge is 2.37. The average Bonchev–Trinajstić information content (AvgIpc) is 2.76. The van der Waals surface area contributed by atoms with E-state index >= 15 is 0 Å². The van der Waals surface area contributed by atoms with Crippen molar-refractivity contribution in [3.63, 3.8) is 0 Å². The topological polar surface area (TPSA) is 82.6 Å². The number of amides is 2. The van der Waals surface area contributed by atoms with Crippen LogP contribution in [0.25, 0.3) is 0 Å². The standard InChI is InChI=1S/C17H26N4O3S/c1-25(23,24)21(14-6-4-7-14)15-8-5-12-20(13-10-15)17(22)19-16-9-2-3-11-18-16/h2-3,9,11,14-15H,4-8,10,12-13H2,1H3,(H,18,19,22). The molecule has 2 aliphatic rings. The van der Waals surface area contributed by atoms with Gasteiger partial charge in [0.25, 0.3) is 0 Å². The fraction of sp³-hybridized carbons (Fsp3) is 0.647. The zero-order valence-electron chi connectivity index (χ0n) is 14.6. The number of urea groups is 1. The second-order valence-electron chi connectivity index (χ2n) is 6.89. The first-order valence-corrected chi connectivity index (χ1v) is 10.8. The van der Waals surface area contributed by atoms with Crippen LogP contribution in [0.3, 0.4) is 0 Å². The van der Waals surface area contributed by atoms with Crippen molar-refractivity contribution in [3.05, 3.63) is 24.4 Å². The van der Waals surface area contributed by atoms with Crippen molar-refractivity contribution in [2.45, 2.75) is 50.6 Å². The molecule has 7 nitrogen and oxygen atoms in total. The van der Waals surface area contributed by atoms with Crippen LogP contribution in [-0.2, 0) is 10.0 Å². The normalized spacial score (nSPS) is 22.3. The van der Waals surface area contributed by atoms with Gasteiger partial charge < -0.3 is 4.90 Å². The number of carbonyl (C=O) groups is 1. The van der Waals surface area contributed by atoms with Crippen LogP contribution in [0.4, 0.5) is 10.6 Å². The molecule has 1 aromatic heterocycles. The minimum Gasteiger partial charge on any atom is -0.324 e. The molecule has 1 unspecified atom stereocenters. The zero-order valence-corrected chi connectivity index (χ0v) is 15.4. The zero-order chi connectivity index (χ0) is 17.9. The summed E-state index contributed by atoms with van der Waals surface area (Å²) in [5.41, 5.74) is 0. The Kier molecular flexibility index (Phi) is 5.58. The van der Waals surface area contributed by atoms with E-state index in [2.05, 4.69) is 10.3 Å². The van der Waals surface area contributed by atoms with Crippen LogP contribution >= 0.6 is 0 Å². The number of hydrogen-bond acceptors (Lipinski definition) is 4. The van der Waals surface area contributed by atoms with Crippen LogP contribution in [0.2, 0.25) is 0 Å². The summed E-state index contributed by atoms with van der Waals surface area (Å²) >= 11 is 0. The van der Waals surface area contributed by atoms with E-state index in [1.165, 1.54) is 6.26 Å². The van der Waals surface area contributed by atoms with Crippen molar-refractivity contribution >= 4 is 21.9 Å². The monoisotopic (exact) mass is 366 g/mol. The van der Waals surface area contributed by atoms with Gasteiger partial charge in [-0.05, 0) is 44.2 Å². The Labute approximate surface area is 149 Å². The molecule has 0 aromatic carbocycles. The SMILES string of the molecule is CS(=O)(=O)N(C1CCC1)C1CCCN(C(=O)Nc2ccccn2)CC1. The van der Waals surface area contributed by atoms with Crippen LogP contribution in [0, 0.1) is 0 Å². The molecule has 1 aliphatic heterocycles. The highest BCUT2D eigenvalue weighted by Crippen LogP contribution is 2.32. The summed E-state index contributed by atoms with van der Waals surface area (Å²) in [7, 11) is -3.22. The molecule has 138 valence electrons. The van der Waals surface area contributed by atoms with Gasteiger partial charge in [0.1, 0.15) is 5.82 Å². The summed E-state index contributed by atoms with van der Waals surface area (Å²) in [5, 5.41) is 2.80. The first-order valence-electron chi connectivity index (χ1n) is 8.90. The first-order chi connectivity index (χ1) is 11.9. The van der Waals surface area contributed by atoms with Crippen LogP contribution in [-0.4, -0.2) is 60.1 Å². The summed E-state index contributed by atoms with van der Waals surface area (Å²) in [4.78, 5) is 18.3. The van der Waals surface area contributed by atoms with Gasteiger partial charge >= 0.3 is 6.03 Å². The molecular formula is C17H26N4O3S. The Bertz CT molecular complexity index is 691. The molecule has 8 heteroatoms. The molecule has 1 saturated heterocycles. The molecule has 2 amide bonds. The van der Waals surface area contributed by atoms with E-state index in [0.717, 1.165) is 32.1 Å². The van der Waals surface area contributed by atoms with E-state index in [4.69, 9.17) is 0 Å². The van der Waals surface area contributed by atoms with E-state index in [9.17, 15) is 13.2 Å². The first kappa shape index (κ1) is 18.1. The number of nitrogens with one attached hydrogen (secondary N) is 1. The molecule has 1 atom stereocenters. The number of rotatable bonds is 4. The Morgan fingerprint density at radius 1 is 1.16 bits per heavy atom. The van der Waals surface area contributed by atoms with Crippen molar-refractivity contribution in [2.24, 2.45) is 0 Å². The molecule has 1 N–H and O–H groups in total. The Balaban J connectivity index is 1.62. The van der Waals surface area contributed by atoms with Gasteiger partial charge in [-0.3, -0.25) is 5.32 Å². The minimum absolute atomic E-state index is 0.00653. The van der Waals surface area contributed by atoms with Gasteiger partial charge in [-0.1, -0.05) is 12.5 Å². The van der Waals surface area contributed by atoms with Gasteiger partial charge in [-0.15, -0.1) is 0 Å². The van der Waals surface area contributed by atoms with Gasteiger partial charge in [0.2, 0.25) is 10.0 Å². The number of anilines is 1. The van der Waals surface area contributed by atoms with Crippen molar-refractivity contribution < 1.29 is 13.2 Å². The highest BCUT2D eigenvalue weighted by atomic mass is 32.2. The fourth-order valence-electron chi connectivity index (χ4n) is 3.64. The predicted octanol–water partition coefficient (Wildman–Crippen LogP) is 2.28. The maximum atomic E-state index is 12.4. The maximum Gasteiger partial charge on any atom is 0.323 e.